The molecule has 2 aromatic rings. The summed E-state index contributed by atoms with van der Waals surface area (Å²) in [7, 11) is 1.57. The van der Waals surface area contributed by atoms with E-state index < -0.39 is 0 Å². The molecule has 3 aliphatic heterocycles. The van der Waals surface area contributed by atoms with E-state index in [-0.39, 0.29) is 17.9 Å². The highest BCUT2D eigenvalue weighted by molar-refractivity contribution is 7.23. The van der Waals surface area contributed by atoms with E-state index in [0.717, 1.165) is 61.7 Å². The number of nitrogens with zero attached hydrogens (tertiary/aromatic N) is 3. The summed E-state index contributed by atoms with van der Waals surface area (Å²) in [5.74, 6) is 0.413. The van der Waals surface area contributed by atoms with E-state index in [0.29, 0.717) is 47.7 Å². The van der Waals surface area contributed by atoms with Crippen molar-refractivity contribution in [2.45, 2.75) is 76.9 Å². The summed E-state index contributed by atoms with van der Waals surface area (Å²) in [4.78, 5) is 45.9. The number of amides is 4. The second-order valence-corrected chi connectivity index (χ2v) is 12.3. The Balaban J connectivity index is 1.23. The average Bonchev–Trinajstić information content (AvgIpc) is 3.30. The number of benzene rings is 1. The van der Waals surface area contributed by atoms with Crippen LogP contribution in [0.5, 0.6) is 0 Å². The number of fused-ring (bicyclic) bond motifs is 1. The smallest absolute Gasteiger partial charge is 0.319 e. The molecule has 4 heterocycles. The fraction of sp³-hybridized carbons (Fsp3) is 0.621. The first-order chi connectivity index (χ1) is 18.4. The van der Waals surface area contributed by atoms with E-state index in [1.54, 1.807) is 7.05 Å². The lowest BCUT2D eigenvalue weighted by molar-refractivity contribution is -0.144. The number of nitrogens with one attached hydrogen (secondary N) is 2. The molecule has 0 radical (unpaired) electrons. The Morgan fingerprint density at radius 3 is 2.34 bits per heavy atom. The molecule has 206 valence electrons. The molecule has 0 saturated carbocycles. The SMILES string of the molecule is CNC(=O)Nc1sc2ccccc2c1C(=O)N1CCC(N2CCCC(C(=O)N3[C@H](C)CCC[C@@H]3C)C2)CC1. The number of carbonyl (C=O) groups is 3. The quantitative estimate of drug-likeness (QED) is 0.587. The second-order valence-electron chi connectivity index (χ2n) is 11.2. The van der Waals surface area contributed by atoms with Gasteiger partial charge in [-0.15, -0.1) is 11.3 Å². The summed E-state index contributed by atoms with van der Waals surface area (Å²) in [5.41, 5.74) is 0.584. The molecule has 1 unspecified atom stereocenters. The van der Waals surface area contributed by atoms with E-state index in [4.69, 9.17) is 0 Å². The molecular weight excluding hydrogens is 498 g/mol. The molecule has 3 saturated heterocycles. The van der Waals surface area contributed by atoms with E-state index in [1.165, 1.54) is 17.8 Å². The maximum absolute atomic E-state index is 13.7. The van der Waals surface area contributed by atoms with Gasteiger partial charge in [-0.25, -0.2) is 4.79 Å². The van der Waals surface area contributed by atoms with Gasteiger partial charge >= 0.3 is 6.03 Å². The summed E-state index contributed by atoms with van der Waals surface area (Å²) in [5, 5.41) is 6.91. The van der Waals surface area contributed by atoms with Crippen LogP contribution in [-0.2, 0) is 4.79 Å². The number of hydrogen-bond acceptors (Lipinski definition) is 5. The molecule has 2 N–H and O–H groups in total. The summed E-state index contributed by atoms with van der Waals surface area (Å²) in [6.07, 6.45) is 7.28. The minimum atomic E-state index is -0.327. The Morgan fingerprint density at radius 1 is 0.921 bits per heavy atom. The van der Waals surface area contributed by atoms with Gasteiger partial charge < -0.3 is 15.1 Å². The minimum Gasteiger partial charge on any atom is -0.341 e. The van der Waals surface area contributed by atoms with Gasteiger partial charge in [0.05, 0.1) is 11.5 Å². The first-order valence-electron chi connectivity index (χ1n) is 14.2. The van der Waals surface area contributed by atoms with Gasteiger partial charge in [-0.2, -0.15) is 0 Å². The van der Waals surface area contributed by atoms with Gasteiger partial charge in [0.2, 0.25) is 5.91 Å². The normalized spacial score (nSPS) is 25.4. The zero-order chi connectivity index (χ0) is 26.8. The fourth-order valence-corrected chi connectivity index (χ4v) is 7.80. The highest BCUT2D eigenvalue weighted by Crippen LogP contribution is 2.37. The molecule has 0 spiro atoms. The zero-order valence-corrected chi connectivity index (χ0v) is 23.7. The molecule has 0 aliphatic carbocycles. The fourth-order valence-electron chi connectivity index (χ4n) is 6.71. The van der Waals surface area contributed by atoms with Gasteiger partial charge in [-0.1, -0.05) is 18.2 Å². The molecule has 4 amide bonds. The van der Waals surface area contributed by atoms with Crippen LogP contribution in [0.25, 0.3) is 10.1 Å². The summed E-state index contributed by atoms with van der Waals surface area (Å²) >= 11 is 1.43. The third-order valence-electron chi connectivity index (χ3n) is 8.78. The van der Waals surface area contributed by atoms with Crippen LogP contribution in [0.1, 0.15) is 69.2 Å². The largest absolute Gasteiger partial charge is 0.341 e. The van der Waals surface area contributed by atoms with Crippen LogP contribution in [0, 0.1) is 5.92 Å². The molecule has 8 nitrogen and oxygen atoms in total. The third-order valence-corrected chi connectivity index (χ3v) is 9.87. The number of anilines is 1. The first kappa shape index (κ1) is 26.9. The lowest BCUT2D eigenvalue weighted by atomic mass is 9.90. The molecule has 1 aromatic heterocycles. The molecule has 38 heavy (non-hydrogen) atoms. The number of piperidine rings is 3. The van der Waals surface area contributed by atoms with Crippen molar-refractivity contribution in [2.75, 3.05) is 38.5 Å². The second kappa shape index (κ2) is 11.6. The van der Waals surface area contributed by atoms with Crippen LogP contribution < -0.4 is 10.6 Å². The van der Waals surface area contributed by atoms with Crippen molar-refractivity contribution < 1.29 is 14.4 Å². The predicted molar refractivity (Wildman–Crippen MR) is 153 cm³/mol. The Morgan fingerprint density at radius 2 is 1.63 bits per heavy atom. The summed E-state index contributed by atoms with van der Waals surface area (Å²) < 4.78 is 0.985. The number of urea groups is 1. The van der Waals surface area contributed by atoms with Gasteiger partial charge in [0.1, 0.15) is 5.00 Å². The van der Waals surface area contributed by atoms with Gasteiger partial charge in [0.15, 0.2) is 0 Å². The highest BCUT2D eigenvalue weighted by Gasteiger charge is 2.38. The maximum Gasteiger partial charge on any atom is 0.319 e. The molecule has 5 rings (SSSR count). The number of thiophene rings is 1. The van der Waals surface area contributed by atoms with Crippen LogP contribution >= 0.6 is 11.3 Å². The molecular formula is C29H41N5O3S. The molecule has 9 heteroatoms. The lowest BCUT2D eigenvalue weighted by Crippen LogP contribution is -2.55. The van der Waals surface area contributed by atoms with Gasteiger partial charge in [-0.05, 0) is 71.4 Å². The third kappa shape index (κ3) is 5.41. The van der Waals surface area contributed by atoms with Gasteiger partial charge in [-0.3, -0.25) is 19.8 Å². The predicted octanol–water partition coefficient (Wildman–Crippen LogP) is 4.76. The maximum atomic E-state index is 13.7. The minimum absolute atomic E-state index is 0.0212. The molecule has 3 fully saturated rings. The topological polar surface area (TPSA) is 85.0 Å². The molecule has 3 atom stereocenters. The van der Waals surface area contributed by atoms with Crippen molar-refractivity contribution in [1.82, 2.24) is 20.0 Å². The summed E-state index contributed by atoms with van der Waals surface area (Å²) in [6, 6.07) is 8.57. The Kier molecular flexibility index (Phi) is 8.23. The van der Waals surface area contributed by atoms with Crippen molar-refractivity contribution >= 4 is 44.3 Å². The van der Waals surface area contributed by atoms with E-state index in [9.17, 15) is 14.4 Å². The van der Waals surface area contributed by atoms with E-state index in [1.807, 2.05) is 29.2 Å². The number of rotatable bonds is 4. The molecule has 1 aromatic carbocycles. The zero-order valence-electron chi connectivity index (χ0n) is 22.9. The average molecular weight is 540 g/mol. The lowest BCUT2D eigenvalue weighted by Gasteiger charge is -2.45. The van der Waals surface area contributed by atoms with E-state index >= 15 is 0 Å². The van der Waals surface area contributed by atoms with Crippen molar-refractivity contribution in [3.63, 3.8) is 0 Å². The Bertz CT molecular complexity index is 1160. The van der Waals surface area contributed by atoms with Crippen molar-refractivity contribution in [3.05, 3.63) is 29.8 Å². The van der Waals surface area contributed by atoms with Crippen LogP contribution in [0.3, 0.4) is 0 Å². The Hall–Kier alpha value is -2.65. The van der Waals surface area contributed by atoms with Crippen molar-refractivity contribution in [3.8, 4) is 0 Å². The van der Waals surface area contributed by atoms with Crippen LogP contribution in [-0.4, -0.2) is 83.9 Å². The van der Waals surface area contributed by atoms with Gasteiger partial charge in [0.25, 0.3) is 5.91 Å². The number of carbonyl (C=O) groups excluding carboxylic acids is 3. The van der Waals surface area contributed by atoms with E-state index in [2.05, 4.69) is 34.3 Å². The monoisotopic (exact) mass is 539 g/mol. The number of likely N-dealkylation sites (tertiary alicyclic amines) is 3. The summed E-state index contributed by atoms with van der Waals surface area (Å²) in [6.45, 7) is 7.64. The van der Waals surface area contributed by atoms with Crippen LogP contribution in [0.2, 0.25) is 0 Å². The standard InChI is InChI=1S/C29H41N5O3S/c1-19-8-6-9-20(2)34(19)27(35)21-10-7-15-33(18-21)22-13-16-32(17-14-22)28(36)25-23-11-4-5-12-24(23)38-26(25)31-29(37)30-3/h4-5,11-12,19-22H,6-10,13-18H2,1-3H3,(H2,30,31,37)/t19-,20+,21?. The van der Waals surface area contributed by atoms with Crippen LogP contribution in [0.15, 0.2) is 24.3 Å². The number of hydrogen-bond donors (Lipinski definition) is 2. The van der Waals surface area contributed by atoms with Gasteiger partial charge in [0, 0.05) is 54.9 Å². The van der Waals surface area contributed by atoms with Crippen molar-refractivity contribution in [2.24, 2.45) is 5.92 Å². The molecule has 0 bridgehead atoms. The Labute approximate surface area is 229 Å². The molecule has 3 aliphatic rings. The van der Waals surface area contributed by atoms with Crippen molar-refractivity contribution in [1.29, 1.82) is 0 Å². The van der Waals surface area contributed by atoms with Crippen LogP contribution in [0.4, 0.5) is 9.80 Å². The highest BCUT2D eigenvalue weighted by atomic mass is 32.1. The first-order valence-corrected chi connectivity index (χ1v) is 15.0.